The van der Waals surface area contributed by atoms with Crippen molar-refractivity contribution in [3.05, 3.63) is 59.9 Å². The number of esters is 1. The minimum atomic E-state index is -0.273. The van der Waals surface area contributed by atoms with Gasteiger partial charge in [-0.05, 0) is 35.4 Å². The van der Waals surface area contributed by atoms with Crippen LogP contribution in [-0.4, -0.2) is 23.8 Å². The molecule has 0 bridgehead atoms. The van der Waals surface area contributed by atoms with E-state index in [0.29, 0.717) is 5.75 Å². The molecule has 5 heteroatoms. The lowest BCUT2D eigenvalue weighted by Gasteiger charge is -2.17. The van der Waals surface area contributed by atoms with Crippen molar-refractivity contribution < 1.29 is 14.3 Å². The summed E-state index contributed by atoms with van der Waals surface area (Å²) in [7, 11) is 1.63. The summed E-state index contributed by atoms with van der Waals surface area (Å²) >= 11 is 1.72. The van der Waals surface area contributed by atoms with Gasteiger partial charge in [0.05, 0.1) is 7.11 Å². The lowest BCUT2D eigenvalue weighted by molar-refractivity contribution is -0.145. The molecular formula is C17H19NO3S. The molecule has 1 aromatic heterocycles. The quantitative estimate of drug-likeness (QED) is 0.730. The molecule has 0 aliphatic carbocycles. The van der Waals surface area contributed by atoms with Crippen LogP contribution >= 0.6 is 11.8 Å². The molecule has 1 heterocycles. The van der Waals surface area contributed by atoms with Crippen LogP contribution in [0.4, 0.5) is 0 Å². The number of hydrogen-bond acceptors (Lipinski definition) is 5. The zero-order chi connectivity index (χ0) is 15.8. The molecule has 0 aliphatic rings. The second-order valence-electron chi connectivity index (χ2n) is 4.74. The molecule has 1 aromatic carbocycles. The summed E-state index contributed by atoms with van der Waals surface area (Å²) in [5.41, 5.74) is 2.18. The predicted octanol–water partition coefficient (Wildman–Crippen LogP) is 3.63. The van der Waals surface area contributed by atoms with Crippen LogP contribution in [0.3, 0.4) is 0 Å². The first kappa shape index (κ1) is 16.4. The lowest BCUT2D eigenvalue weighted by Crippen LogP contribution is -2.11. The van der Waals surface area contributed by atoms with Gasteiger partial charge in [0.15, 0.2) is 0 Å². The molecule has 22 heavy (non-hydrogen) atoms. The number of rotatable bonds is 7. The van der Waals surface area contributed by atoms with Gasteiger partial charge in [0.2, 0.25) is 0 Å². The fourth-order valence-corrected chi connectivity index (χ4v) is 3.00. The standard InChI is InChI=1S/C17H19NO3S/c1-13(19)21-17(15-3-5-16(20-2)6-4-15)12-22-11-14-7-9-18-10-8-14/h3-10,17H,11-12H2,1-2H3. The Hall–Kier alpha value is -2.01. The average molecular weight is 317 g/mol. The molecule has 4 nitrogen and oxygen atoms in total. The highest BCUT2D eigenvalue weighted by Crippen LogP contribution is 2.26. The van der Waals surface area contributed by atoms with Gasteiger partial charge in [0.25, 0.3) is 0 Å². The van der Waals surface area contributed by atoms with Gasteiger partial charge in [-0.1, -0.05) is 12.1 Å². The third-order valence-electron chi connectivity index (χ3n) is 3.08. The molecule has 2 aromatic rings. The molecule has 0 saturated heterocycles. The number of hydrogen-bond donors (Lipinski definition) is 0. The van der Waals surface area contributed by atoms with Crippen molar-refractivity contribution in [3.8, 4) is 5.75 Å². The summed E-state index contributed by atoms with van der Waals surface area (Å²) in [5, 5.41) is 0. The molecule has 1 atom stereocenters. The maximum atomic E-state index is 11.3. The van der Waals surface area contributed by atoms with Crippen LogP contribution in [0, 0.1) is 0 Å². The Morgan fingerprint density at radius 2 is 1.86 bits per heavy atom. The van der Waals surface area contributed by atoms with Crippen LogP contribution in [-0.2, 0) is 15.3 Å². The van der Waals surface area contributed by atoms with Crippen LogP contribution in [0.25, 0.3) is 0 Å². The van der Waals surface area contributed by atoms with Gasteiger partial charge < -0.3 is 9.47 Å². The first-order valence-corrected chi connectivity index (χ1v) is 8.12. The minimum Gasteiger partial charge on any atom is -0.497 e. The number of thioether (sulfide) groups is 1. The molecule has 0 radical (unpaired) electrons. The summed E-state index contributed by atoms with van der Waals surface area (Å²) in [6, 6.07) is 11.6. The van der Waals surface area contributed by atoms with Crippen molar-refractivity contribution in [2.45, 2.75) is 18.8 Å². The maximum absolute atomic E-state index is 11.3. The molecular weight excluding hydrogens is 298 g/mol. The normalized spacial score (nSPS) is 11.7. The van der Waals surface area contributed by atoms with Gasteiger partial charge in [-0.25, -0.2) is 0 Å². The van der Waals surface area contributed by atoms with Gasteiger partial charge in [-0.3, -0.25) is 9.78 Å². The summed E-state index contributed by atoms with van der Waals surface area (Å²) in [6.07, 6.45) is 3.31. The van der Waals surface area contributed by atoms with E-state index >= 15 is 0 Å². The monoisotopic (exact) mass is 317 g/mol. The summed E-state index contributed by atoms with van der Waals surface area (Å²) in [4.78, 5) is 15.3. The number of benzene rings is 1. The number of aromatic nitrogens is 1. The summed E-state index contributed by atoms with van der Waals surface area (Å²) in [5.74, 6) is 2.07. The van der Waals surface area contributed by atoms with Gasteiger partial charge in [0.1, 0.15) is 11.9 Å². The highest BCUT2D eigenvalue weighted by molar-refractivity contribution is 7.98. The zero-order valence-corrected chi connectivity index (χ0v) is 13.5. The zero-order valence-electron chi connectivity index (χ0n) is 12.7. The van der Waals surface area contributed by atoms with E-state index in [1.54, 1.807) is 31.3 Å². The summed E-state index contributed by atoms with van der Waals surface area (Å²) in [6.45, 7) is 1.43. The van der Waals surface area contributed by atoms with Crippen LogP contribution in [0.1, 0.15) is 24.2 Å². The molecule has 116 valence electrons. The Morgan fingerprint density at radius 3 is 2.45 bits per heavy atom. The van der Waals surface area contributed by atoms with E-state index in [-0.39, 0.29) is 12.1 Å². The van der Waals surface area contributed by atoms with Gasteiger partial charge in [0, 0.05) is 30.8 Å². The average Bonchev–Trinajstić information content (AvgIpc) is 2.55. The van der Waals surface area contributed by atoms with Crippen LogP contribution in [0.15, 0.2) is 48.8 Å². The molecule has 2 rings (SSSR count). The Morgan fingerprint density at radius 1 is 1.18 bits per heavy atom. The number of carbonyl (C=O) groups excluding carboxylic acids is 1. The Balaban J connectivity index is 1.97. The number of carbonyl (C=O) groups is 1. The molecule has 0 saturated carbocycles. The van der Waals surface area contributed by atoms with Crippen molar-refractivity contribution in [1.82, 2.24) is 4.98 Å². The molecule has 0 amide bonds. The molecule has 0 N–H and O–H groups in total. The molecule has 1 unspecified atom stereocenters. The Bertz CT molecular complexity index is 587. The SMILES string of the molecule is COc1ccc(C(CSCc2ccncc2)OC(C)=O)cc1. The van der Waals surface area contributed by atoms with Crippen LogP contribution < -0.4 is 4.74 Å². The lowest BCUT2D eigenvalue weighted by atomic mass is 10.1. The topological polar surface area (TPSA) is 48.4 Å². The van der Waals surface area contributed by atoms with E-state index < -0.39 is 0 Å². The number of ether oxygens (including phenoxy) is 2. The smallest absolute Gasteiger partial charge is 0.303 e. The largest absolute Gasteiger partial charge is 0.497 e. The Labute approximate surface area is 134 Å². The van der Waals surface area contributed by atoms with Crippen LogP contribution in [0.2, 0.25) is 0 Å². The highest BCUT2D eigenvalue weighted by Gasteiger charge is 2.15. The predicted molar refractivity (Wildman–Crippen MR) is 87.9 cm³/mol. The van der Waals surface area contributed by atoms with Crippen molar-refractivity contribution in [2.24, 2.45) is 0 Å². The third-order valence-corrected chi connectivity index (χ3v) is 4.16. The molecule has 0 fully saturated rings. The van der Waals surface area contributed by atoms with Crippen molar-refractivity contribution in [3.63, 3.8) is 0 Å². The fraction of sp³-hybridized carbons (Fsp3) is 0.294. The molecule has 0 spiro atoms. The van der Waals surface area contributed by atoms with E-state index in [4.69, 9.17) is 9.47 Å². The van der Waals surface area contributed by atoms with E-state index in [9.17, 15) is 4.79 Å². The molecule has 0 aliphatic heterocycles. The maximum Gasteiger partial charge on any atom is 0.303 e. The van der Waals surface area contributed by atoms with Crippen molar-refractivity contribution in [2.75, 3.05) is 12.9 Å². The van der Waals surface area contributed by atoms with E-state index in [2.05, 4.69) is 4.98 Å². The van der Waals surface area contributed by atoms with Crippen molar-refractivity contribution in [1.29, 1.82) is 0 Å². The van der Waals surface area contributed by atoms with Gasteiger partial charge >= 0.3 is 5.97 Å². The van der Waals surface area contributed by atoms with E-state index in [0.717, 1.165) is 17.1 Å². The van der Waals surface area contributed by atoms with E-state index in [1.807, 2.05) is 36.4 Å². The number of methoxy groups -OCH3 is 1. The first-order valence-electron chi connectivity index (χ1n) is 6.97. The highest BCUT2D eigenvalue weighted by atomic mass is 32.2. The van der Waals surface area contributed by atoms with Crippen LogP contribution in [0.5, 0.6) is 5.75 Å². The second kappa shape index (κ2) is 8.44. The third kappa shape index (κ3) is 5.07. The number of nitrogens with zero attached hydrogens (tertiary/aromatic N) is 1. The second-order valence-corrected chi connectivity index (χ2v) is 5.77. The first-order chi connectivity index (χ1) is 10.7. The Kier molecular flexibility index (Phi) is 6.27. The van der Waals surface area contributed by atoms with Gasteiger partial charge in [-0.15, -0.1) is 0 Å². The number of pyridine rings is 1. The fourth-order valence-electron chi connectivity index (χ4n) is 1.98. The van der Waals surface area contributed by atoms with E-state index in [1.165, 1.54) is 12.5 Å². The van der Waals surface area contributed by atoms with Crippen molar-refractivity contribution >= 4 is 17.7 Å². The van der Waals surface area contributed by atoms with Gasteiger partial charge in [-0.2, -0.15) is 11.8 Å². The minimum absolute atomic E-state index is 0.254. The summed E-state index contributed by atoms with van der Waals surface area (Å²) < 4.78 is 10.6.